The number of hydrogen-bond acceptors (Lipinski definition) is 3. The summed E-state index contributed by atoms with van der Waals surface area (Å²) in [5.41, 5.74) is 0.618. The van der Waals surface area contributed by atoms with Gasteiger partial charge in [-0.1, -0.05) is 19.1 Å². The van der Waals surface area contributed by atoms with E-state index in [1.165, 1.54) is 0 Å². The highest BCUT2D eigenvalue weighted by molar-refractivity contribution is 5.85. The molecule has 1 aromatic rings. The van der Waals surface area contributed by atoms with Crippen molar-refractivity contribution >= 4 is 5.91 Å². The van der Waals surface area contributed by atoms with Crippen LogP contribution < -0.4 is 15.4 Å². The van der Waals surface area contributed by atoms with E-state index in [0.29, 0.717) is 13.2 Å². The fourth-order valence-electron chi connectivity index (χ4n) is 1.78. The third kappa shape index (κ3) is 5.30. The number of likely N-dealkylation sites (N-methyl/N-ethyl adjacent to an activating group) is 1. The Labute approximate surface area is 115 Å². The molecule has 0 fully saturated rings. The molecule has 0 spiro atoms. The Bertz CT molecular complexity index is 416. The molecule has 0 saturated heterocycles. The smallest absolute Gasteiger partial charge is 0.239 e. The van der Waals surface area contributed by atoms with E-state index in [2.05, 4.69) is 10.6 Å². The standard InChI is InChI=1S/C15H24N2O2/c1-5-17-15(3,4)14(18)16-9-10-19-13-8-6-7-12(2)11-13/h6-8,11,17H,5,9-10H2,1-4H3,(H,16,18). The van der Waals surface area contributed by atoms with Crippen LogP contribution in [0.3, 0.4) is 0 Å². The number of benzene rings is 1. The largest absolute Gasteiger partial charge is 0.492 e. The molecule has 0 aromatic heterocycles. The fourth-order valence-corrected chi connectivity index (χ4v) is 1.78. The highest BCUT2D eigenvalue weighted by atomic mass is 16.5. The number of rotatable bonds is 7. The van der Waals surface area contributed by atoms with Crippen LogP contribution in [0, 0.1) is 6.92 Å². The van der Waals surface area contributed by atoms with Crippen LogP contribution in [0.4, 0.5) is 0 Å². The van der Waals surface area contributed by atoms with Gasteiger partial charge in [0.25, 0.3) is 0 Å². The lowest BCUT2D eigenvalue weighted by atomic mass is 10.1. The summed E-state index contributed by atoms with van der Waals surface area (Å²) in [4.78, 5) is 11.9. The van der Waals surface area contributed by atoms with Gasteiger partial charge in [0.05, 0.1) is 12.1 Å². The minimum absolute atomic E-state index is 0.0119. The summed E-state index contributed by atoms with van der Waals surface area (Å²) >= 11 is 0. The predicted octanol–water partition coefficient (Wildman–Crippen LogP) is 1.88. The molecule has 0 saturated carbocycles. The maximum atomic E-state index is 11.9. The van der Waals surface area contributed by atoms with Crippen molar-refractivity contribution in [1.82, 2.24) is 10.6 Å². The molecule has 0 heterocycles. The summed E-state index contributed by atoms with van der Waals surface area (Å²) in [6.07, 6.45) is 0. The van der Waals surface area contributed by atoms with Gasteiger partial charge in [-0.25, -0.2) is 0 Å². The number of carbonyl (C=O) groups is 1. The number of hydrogen-bond donors (Lipinski definition) is 2. The zero-order chi connectivity index (χ0) is 14.3. The molecule has 0 aliphatic heterocycles. The van der Waals surface area contributed by atoms with Crippen LogP contribution in [0.1, 0.15) is 26.3 Å². The first-order valence-electron chi connectivity index (χ1n) is 6.68. The van der Waals surface area contributed by atoms with Crippen molar-refractivity contribution < 1.29 is 9.53 Å². The van der Waals surface area contributed by atoms with Gasteiger partial charge in [-0.3, -0.25) is 4.79 Å². The Hall–Kier alpha value is -1.55. The molecule has 2 N–H and O–H groups in total. The summed E-state index contributed by atoms with van der Waals surface area (Å²) in [7, 11) is 0. The zero-order valence-corrected chi connectivity index (χ0v) is 12.2. The molecule has 0 unspecified atom stereocenters. The van der Waals surface area contributed by atoms with E-state index in [9.17, 15) is 4.79 Å². The van der Waals surface area contributed by atoms with Crippen LogP contribution in [0.15, 0.2) is 24.3 Å². The fraction of sp³-hybridized carbons (Fsp3) is 0.533. The Balaban J connectivity index is 2.29. The number of amides is 1. The molecule has 0 atom stereocenters. The quantitative estimate of drug-likeness (QED) is 0.739. The van der Waals surface area contributed by atoms with Crippen molar-refractivity contribution in [1.29, 1.82) is 0 Å². The first-order chi connectivity index (χ1) is 8.95. The molecule has 106 valence electrons. The Morgan fingerprint density at radius 3 is 2.74 bits per heavy atom. The van der Waals surface area contributed by atoms with Gasteiger partial charge in [-0.15, -0.1) is 0 Å². The van der Waals surface area contributed by atoms with Gasteiger partial charge in [-0.2, -0.15) is 0 Å². The van der Waals surface area contributed by atoms with Crippen molar-refractivity contribution in [2.45, 2.75) is 33.2 Å². The highest BCUT2D eigenvalue weighted by Gasteiger charge is 2.25. The average molecular weight is 264 g/mol. The second-order valence-corrected chi connectivity index (χ2v) is 5.08. The molecule has 0 radical (unpaired) electrons. The molecule has 1 aromatic carbocycles. The molecule has 1 rings (SSSR count). The second kappa shape index (κ2) is 7.14. The molecule has 0 aliphatic carbocycles. The number of nitrogens with one attached hydrogen (secondary N) is 2. The highest BCUT2D eigenvalue weighted by Crippen LogP contribution is 2.11. The first kappa shape index (κ1) is 15.5. The Kier molecular flexibility index (Phi) is 5.83. The summed E-state index contributed by atoms with van der Waals surface area (Å²) in [5.74, 6) is 0.822. The van der Waals surface area contributed by atoms with Gasteiger partial charge in [0.2, 0.25) is 5.91 Å². The first-order valence-corrected chi connectivity index (χ1v) is 6.68. The minimum Gasteiger partial charge on any atom is -0.492 e. The normalized spacial score (nSPS) is 11.2. The van der Waals surface area contributed by atoms with Crippen LogP contribution in [-0.4, -0.2) is 31.1 Å². The van der Waals surface area contributed by atoms with Crippen LogP contribution >= 0.6 is 0 Å². The Morgan fingerprint density at radius 2 is 2.11 bits per heavy atom. The SMILES string of the molecule is CCNC(C)(C)C(=O)NCCOc1cccc(C)c1. The lowest BCUT2D eigenvalue weighted by Gasteiger charge is -2.24. The topological polar surface area (TPSA) is 50.4 Å². The van der Waals surface area contributed by atoms with E-state index < -0.39 is 5.54 Å². The van der Waals surface area contributed by atoms with Gasteiger partial charge < -0.3 is 15.4 Å². The van der Waals surface area contributed by atoms with Crippen molar-refractivity contribution in [3.63, 3.8) is 0 Å². The molecule has 0 aliphatic rings. The summed E-state index contributed by atoms with van der Waals surface area (Å²) < 4.78 is 5.57. The summed E-state index contributed by atoms with van der Waals surface area (Å²) in [6.45, 7) is 9.48. The zero-order valence-electron chi connectivity index (χ0n) is 12.2. The number of carbonyl (C=O) groups excluding carboxylic acids is 1. The molecule has 19 heavy (non-hydrogen) atoms. The van der Waals surface area contributed by atoms with Gasteiger partial charge in [-0.05, 0) is 45.0 Å². The van der Waals surface area contributed by atoms with E-state index in [-0.39, 0.29) is 5.91 Å². The van der Waals surface area contributed by atoms with E-state index in [1.807, 2.05) is 52.0 Å². The number of aryl methyl sites for hydroxylation is 1. The maximum Gasteiger partial charge on any atom is 0.239 e. The lowest BCUT2D eigenvalue weighted by molar-refractivity contribution is -0.126. The molecular weight excluding hydrogens is 240 g/mol. The van der Waals surface area contributed by atoms with Crippen LogP contribution in [0.25, 0.3) is 0 Å². The van der Waals surface area contributed by atoms with Crippen molar-refractivity contribution in [2.24, 2.45) is 0 Å². The molecule has 4 heteroatoms. The molecule has 4 nitrogen and oxygen atoms in total. The van der Waals surface area contributed by atoms with E-state index in [1.54, 1.807) is 0 Å². The van der Waals surface area contributed by atoms with E-state index in [0.717, 1.165) is 17.9 Å². The van der Waals surface area contributed by atoms with Gasteiger partial charge in [0.1, 0.15) is 12.4 Å². The van der Waals surface area contributed by atoms with Gasteiger partial charge >= 0.3 is 0 Å². The summed E-state index contributed by atoms with van der Waals surface area (Å²) in [5, 5.41) is 6.00. The van der Waals surface area contributed by atoms with Crippen LogP contribution in [-0.2, 0) is 4.79 Å². The van der Waals surface area contributed by atoms with Crippen LogP contribution in [0.2, 0.25) is 0 Å². The molecule has 0 bridgehead atoms. The average Bonchev–Trinajstić information content (AvgIpc) is 2.34. The number of ether oxygens (including phenoxy) is 1. The predicted molar refractivity (Wildman–Crippen MR) is 77.4 cm³/mol. The minimum atomic E-state index is -0.544. The van der Waals surface area contributed by atoms with Gasteiger partial charge in [0.15, 0.2) is 0 Å². The van der Waals surface area contributed by atoms with Crippen molar-refractivity contribution in [3.8, 4) is 5.75 Å². The van der Waals surface area contributed by atoms with Crippen molar-refractivity contribution in [2.75, 3.05) is 19.7 Å². The van der Waals surface area contributed by atoms with Crippen LogP contribution in [0.5, 0.6) is 5.75 Å². The van der Waals surface area contributed by atoms with Gasteiger partial charge in [0, 0.05) is 0 Å². The monoisotopic (exact) mass is 264 g/mol. The van der Waals surface area contributed by atoms with Crippen molar-refractivity contribution in [3.05, 3.63) is 29.8 Å². The third-order valence-electron chi connectivity index (χ3n) is 2.83. The lowest BCUT2D eigenvalue weighted by Crippen LogP contribution is -2.53. The third-order valence-corrected chi connectivity index (χ3v) is 2.83. The van der Waals surface area contributed by atoms with E-state index >= 15 is 0 Å². The molecule has 1 amide bonds. The summed E-state index contributed by atoms with van der Waals surface area (Å²) in [6, 6.07) is 7.87. The maximum absolute atomic E-state index is 11.9. The Morgan fingerprint density at radius 1 is 1.37 bits per heavy atom. The van der Waals surface area contributed by atoms with E-state index in [4.69, 9.17) is 4.74 Å². The molecular formula is C15H24N2O2. The second-order valence-electron chi connectivity index (χ2n) is 5.08.